The average molecular weight is 661 g/mol. The molecule has 0 bridgehead atoms. The molecule has 5 rings (SSSR count). The minimum atomic E-state index is -1.02. The molecule has 2 aliphatic carbocycles. The number of ether oxygens (including phenoxy) is 1. The molecule has 0 aliphatic heterocycles. The molecule has 1 nitrogen and oxygen atoms in total. The van der Waals surface area contributed by atoms with Crippen LogP contribution in [0.3, 0.4) is 0 Å². The van der Waals surface area contributed by atoms with Crippen molar-refractivity contribution in [3.05, 3.63) is 96.1 Å². The molecular weight excluding hydrogens is 608 g/mol. The van der Waals surface area contributed by atoms with Crippen LogP contribution in [0.4, 0.5) is 17.6 Å². The first-order valence-electron chi connectivity index (χ1n) is 18.4. The lowest BCUT2D eigenvalue weighted by Gasteiger charge is -2.35. The van der Waals surface area contributed by atoms with E-state index in [1.54, 1.807) is 36.4 Å². The summed E-state index contributed by atoms with van der Waals surface area (Å²) in [6, 6.07) is 12.7. The Morgan fingerprint density at radius 1 is 0.667 bits per heavy atom. The minimum absolute atomic E-state index is 0.0904. The molecule has 0 heterocycles. The largest absolute Gasteiger partial charge is 0.490 e. The Hall–Kier alpha value is -3.34. The highest BCUT2D eigenvalue weighted by Crippen LogP contribution is 2.43. The number of hydrogen-bond donors (Lipinski definition) is 0. The van der Waals surface area contributed by atoms with Crippen molar-refractivity contribution in [1.29, 1.82) is 0 Å². The molecule has 1 unspecified atom stereocenters. The van der Waals surface area contributed by atoms with Crippen LogP contribution in [0.15, 0.2) is 67.3 Å². The van der Waals surface area contributed by atoms with Crippen molar-refractivity contribution >= 4 is 5.57 Å². The van der Waals surface area contributed by atoms with Gasteiger partial charge in [-0.05, 0) is 98.0 Å². The van der Waals surface area contributed by atoms with E-state index < -0.39 is 23.3 Å². The number of allylic oxidation sites excluding steroid dienone is 3. The van der Waals surface area contributed by atoms with Gasteiger partial charge in [-0.3, -0.25) is 0 Å². The lowest BCUT2D eigenvalue weighted by atomic mass is 9.70. The molecule has 3 aromatic rings. The molecule has 2 aliphatic rings. The Labute approximate surface area is 285 Å². The Morgan fingerprint density at radius 2 is 1.25 bits per heavy atom. The predicted molar refractivity (Wildman–Crippen MR) is 191 cm³/mol. The molecule has 3 aromatic carbocycles. The molecule has 0 amide bonds. The number of rotatable bonds is 16. The quantitative estimate of drug-likeness (QED) is 0.0844. The molecular formula is C43H52F4O. The molecule has 0 spiro atoms. The molecule has 0 saturated heterocycles. The third kappa shape index (κ3) is 9.01. The summed E-state index contributed by atoms with van der Waals surface area (Å²) in [4.78, 5) is 0. The van der Waals surface area contributed by atoms with Gasteiger partial charge in [-0.15, -0.1) is 6.58 Å². The van der Waals surface area contributed by atoms with Gasteiger partial charge in [0.2, 0.25) is 5.82 Å². The van der Waals surface area contributed by atoms with Crippen LogP contribution in [0.5, 0.6) is 5.75 Å². The van der Waals surface area contributed by atoms with Gasteiger partial charge in [-0.2, -0.15) is 4.39 Å². The van der Waals surface area contributed by atoms with Crippen LogP contribution in [0, 0.1) is 41.0 Å². The Kier molecular flexibility index (Phi) is 13.4. The van der Waals surface area contributed by atoms with E-state index in [9.17, 15) is 4.39 Å². The summed E-state index contributed by atoms with van der Waals surface area (Å²) >= 11 is 0. The van der Waals surface area contributed by atoms with E-state index in [2.05, 4.69) is 19.6 Å². The molecule has 1 atom stereocenters. The highest BCUT2D eigenvalue weighted by molar-refractivity contribution is 5.74. The highest BCUT2D eigenvalue weighted by Gasteiger charge is 2.29. The van der Waals surface area contributed by atoms with Gasteiger partial charge in [-0.1, -0.05) is 107 Å². The first-order chi connectivity index (χ1) is 23.4. The third-order valence-electron chi connectivity index (χ3n) is 10.8. The zero-order chi connectivity index (χ0) is 33.9. The number of halogens is 4. The summed E-state index contributed by atoms with van der Waals surface area (Å²) in [5.74, 6) is -1.64. The second kappa shape index (κ2) is 17.9. The number of benzene rings is 3. The summed E-state index contributed by atoms with van der Waals surface area (Å²) in [6.45, 7) is 6.38. The SMILES string of the molecule is C=CCCC1CCC(C2CC=C(c3ccc(-c4ccc(-c5ccc(OCCCCCCCCC)c(F)c5F)cc4)c(F)c3F)CC2)CC1. The summed E-state index contributed by atoms with van der Waals surface area (Å²) in [7, 11) is 0. The zero-order valence-electron chi connectivity index (χ0n) is 28.7. The smallest absolute Gasteiger partial charge is 0.201 e. The van der Waals surface area contributed by atoms with Crippen molar-refractivity contribution in [2.45, 2.75) is 110 Å². The van der Waals surface area contributed by atoms with Gasteiger partial charge in [0, 0.05) is 16.7 Å². The molecule has 5 heteroatoms. The number of unbranched alkanes of at least 4 members (excludes halogenated alkanes) is 6. The van der Waals surface area contributed by atoms with Gasteiger partial charge in [0.25, 0.3) is 0 Å². The van der Waals surface area contributed by atoms with Crippen LogP contribution in [-0.4, -0.2) is 6.61 Å². The minimum Gasteiger partial charge on any atom is -0.490 e. The predicted octanol–water partition coefficient (Wildman–Crippen LogP) is 13.7. The molecule has 0 aromatic heterocycles. The van der Waals surface area contributed by atoms with E-state index in [-0.39, 0.29) is 16.9 Å². The van der Waals surface area contributed by atoms with E-state index in [0.29, 0.717) is 29.2 Å². The normalized spacial score (nSPS) is 19.6. The van der Waals surface area contributed by atoms with E-state index in [1.165, 1.54) is 69.9 Å². The lowest BCUT2D eigenvalue weighted by Crippen LogP contribution is -2.23. The average Bonchev–Trinajstić information content (AvgIpc) is 3.12. The topological polar surface area (TPSA) is 9.23 Å². The van der Waals surface area contributed by atoms with E-state index in [4.69, 9.17) is 4.74 Å². The van der Waals surface area contributed by atoms with Crippen LogP contribution in [-0.2, 0) is 0 Å². The zero-order valence-corrected chi connectivity index (χ0v) is 28.7. The van der Waals surface area contributed by atoms with Crippen molar-refractivity contribution in [3.8, 4) is 28.0 Å². The summed E-state index contributed by atoms with van der Waals surface area (Å²) in [6.07, 6.45) is 22.1. The Morgan fingerprint density at radius 3 is 1.88 bits per heavy atom. The fourth-order valence-corrected chi connectivity index (χ4v) is 7.79. The molecule has 48 heavy (non-hydrogen) atoms. The van der Waals surface area contributed by atoms with Crippen LogP contribution in [0.2, 0.25) is 0 Å². The maximum absolute atomic E-state index is 15.5. The first kappa shape index (κ1) is 36.0. The Bertz CT molecular complexity index is 1520. The third-order valence-corrected chi connectivity index (χ3v) is 10.8. The second-order valence-electron chi connectivity index (χ2n) is 14.0. The fraction of sp³-hybridized carbons (Fsp3) is 0.488. The van der Waals surface area contributed by atoms with Crippen LogP contribution >= 0.6 is 0 Å². The molecule has 1 saturated carbocycles. The van der Waals surface area contributed by atoms with Gasteiger partial charge in [0.15, 0.2) is 23.2 Å². The van der Waals surface area contributed by atoms with E-state index in [1.807, 2.05) is 6.08 Å². The summed E-state index contributed by atoms with van der Waals surface area (Å²) in [5.41, 5.74) is 2.37. The van der Waals surface area contributed by atoms with Crippen LogP contribution < -0.4 is 4.74 Å². The van der Waals surface area contributed by atoms with Gasteiger partial charge in [-0.25, -0.2) is 13.2 Å². The number of hydrogen-bond acceptors (Lipinski definition) is 1. The van der Waals surface area contributed by atoms with Crippen LogP contribution in [0.25, 0.3) is 27.8 Å². The maximum atomic E-state index is 15.5. The standard InChI is InChI=1S/C43H52F4O/c1-3-5-7-8-9-10-11-29-48-39-28-27-38(42(46)43(39)47)35-23-21-34(22-24-35)37-26-25-36(40(44)41(37)45)33-19-17-32(18-20-33)31-15-13-30(14-16-31)12-6-4-2/h4,19,21-28,30-32H,2-3,5-18,20,29H2,1H3. The van der Waals surface area contributed by atoms with Crippen molar-refractivity contribution in [3.63, 3.8) is 0 Å². The van der Waals surface area contributed by atoms with Crippen molar-refractivity contribution in [2.24, 2.45) is 17.8 Å². The van der Waals surface area contributed by atoms with E-state index >= 15 is 13.2 Å². The first-order valence-corrected chi connectivity index (χ1v) is 18.4. The van der Waals surface area contributed by atoms with Crippen molar-refractivity contribution in [2.75, 3.05) is 6.61 Å². The molecule has 1 fully saturated rings. The van der Waals surface area contributed by atoms with Gasteiger partial charge in [0.1, 0.15) is 0 Å². The lowest BCUT2D eigenvalue weighted by molar-refractivity contribution is 0.190. The van der Waals surface area contributed by atoms with Gasteiger partial charge in [0.05, 0.1) is 6.61 Å². The molecule has 0 radical (unpaired) electrons. The van der Waals surface area contributed by atoms with E-state index in [0.717, 1.165) is 62.4 Å². The fourth-order valence-electron chi connectivity index (χ4n) is 7.79. The highest BCUT2D eigenvalue weighted by atomic mass is 19.2. The Balaban J connectivity index is 1.18. The monoisotopic (exact) mass is 660 g/mol. The molecule has 0 N–H and O–H groups in total. The molecule has 258 valence electrons. The van der Waals surface area contributed by atoms with Crippen molar-refractivity contribution < 1.29 is 22.3 Å². The van der Waals surface area contributed by atoms with Crippen LogP contribution in [0.1, 0.15) is 115 Å². The van der Waals surface area contributed by atoms with Gasteiger partial charge >= 0.3 is 0 Å². The summed E-state index contributed by atoms with van der Waals surface area (Å²) in [5, 5.41) is 0. The summed E-state index contributed by atoms with van der Waals surface area (Å²) < 4.78 is 66.4. The van der Waals surface area contributed by atoms with Gasteiger partial charge < -0.3 is 4.74 Å². The maximum Gasteiger partial charge on any atom is 0.201 e. The van der Waals surface area contributed by atoms with Crippen molar-refractivity contribution in [1.82, 2.24) is 0 Å². The second-order valence-corrected chi connectivity index (χ2v) is 14.0.